The first-order valence-corrected chi connectivity index (χ1v) is 10.2. The third-order valence-corrected chi connectivity index (χ3v) is 5.64. The van der Waals surface area contributed by atoms with Gasteiger partial charge in [-0.05, 0) is 20.4 Å². The van der Waals surface area contributed by atoms with Crippen LogP contribution in [0.2, 0.25) is 0 Å². The molecule has 3 aromatic rings. The van der Waals surface area contributed by atoms with Crippen molar-refractivity contribution >= 4 is 33.7 Å². The van der Waals surface area contributed by atoms with Gasteiger partial charge in [0.15, 0.2) is 5.13 Å². The Balaban J connectivity index is 1.53. The summed E-state index contributed by atoms with van der Waals surface area (Å²) in [4.78, 5) is 23.3. The number of hydrogen-bond donors (Lipinski definition) is 1. The molecule has 0 spiro atoms. The van der Waals surface area contributed by atoms with Crippen molar-refractivity contribution in [2.45, 2.75) is 26.8 Å². The molecule has 0 aliphatic rings. The molecule has 2 heterocycles. The van der Waals surface area contributed by atoms with Crippen molar-refractivity contribution in [3.05, 3.63) is 51.3 Å². The highest BCUT2D eigenvalue weighted by molar-refractivity contribution is 7.14. The Hall–Kier alpha value is -2.09. The highest BCUT2D eigenvalue weighted by atomic mass is 32.1. The summed E-state index contributed by atoms with van der Waals surface area (Å²) in [5.41, 5.74) is 4.16. The van der Waals surface area contributed by atoms with Gasteiger partial charge in [0.05, 0.1) is 22.9 Å². The number of amides is 1. The average Bonchev–Trinajstić information content (AvgIpc) is 3.24. The molecule has 0 radical (unpaired) electrons. The van der Waals surface area contributed by atoms with Gasteiger partial charge in [-0.3, -0.25) is 9.69 Å². The third-order valence-electron chi connectivity index (χ3n) is 3.85. The summed E-state index contributed by atoms with van der Waals surface area (Å²) in [6, 6.07) is 8.21. The van der Waals surface area contributed by atoms with Crippen molar-refractivity contribution < 1.29 is 4.79 Å². The fourth-order valence-corrected chi connectivity index (χ4v) is 3.98. The van der Waals surface area contributed by atoms with Crippen LogP contribution in [0.4, 0.5) is 5.13 Å². The quantitative estimate of drug-likeness (QED) is 0.661. The molecule has 0 saturated heterocycles. The van der Waals surface area contributed by atoms with E-state index in [0.29, 0.717) is 18.2 Å². The topological polar surface area (TPSA) is 58.1 Å². The largest absolute Gasteiger partial charge is 0.301 e. The van der Waals surface area contributed by atoms with E-state index in [4.69, 9.17) is 0 Å². The Morgan fingerprint density at radius 3 is 2.62 bits per heavy atom. The number of hydrogen-bond acceptors (Lipinski definition) is 6. The number of thiazole rings is 2. The molecule has 0 unspecified atom stereocenters. The molecule has 2 aromatic heterocycles. The average molecular weight is 387 g/mol. The van der Waals surface area contributed by atoms with Crippen LogP contribution in [0.25, 0.3) is 11.3 Å². The zero-order chi connectivity index (χ0) is 18.5. The minimum absolute atomic E-state index is 0.0664. The summed E-state index contributed by atoms with van der Waals surface area (Å²) in [6.07, 6.45) is 0.947. The number of carbonyl (C=O) groups excluding carboxylic acids is 1. The fraction of sp³-hybridized carbons (Fsp3) is 0.316. The van der Waals surface area contributed by atoms with Gasteiger partial charge >= 0.3 is 0 Å². The molecule has 0 aliphatic heterocycles. The van der Waals surface area contributed by atoms with E-state index in [-0.39, 0.29) is 5.91 Å². The number of rotatable bonds is 7. The summed E-state index contributed by atoms with van der Waals surface area (Å²) in [5, 5.41) is 8.66. The van der Waals surface area contributed by atoms with Crippen LogP contribution in [0.5, 0.6) is 0 Å². The van der Waals surface area contributed by atoms with Crippen LogP contribution < -0.4 is 5.32 Å². The zero-order valence-electron chi connectivity index (χ0n) is 15.2. The molecule has 0 aliphatic carbocycles. The van der Waals surface area contributed by atoms with Crippen LogP contribution in [0, 0.1) is 6.92 Å². The zero-order valence-corrected chi connectivity index (χ0v) is 16.8. The minimum Gasteiger partial charge on any atom is -0.301 e. The van der Waals surface area contributed by atoms with E-state index in [1.165, 1.54) is 16.9 Å². The van der Waals surface area contributed by atoms with Crippen molar-refractivity contribution in [1.29, 1.82) is 0 Å². The lowest BCUT2D eigenvalue weighted by Gasteiger charge is -2.14. The highest BCUT2D eigenvalue weighted by Crippen LogP contribution is 2.25. The summed E-state index contributed by atoms with van der Waals surface area (Å²) >= 11 is 3.11. The molecule has 7 heteroatoms. The third kappa shape index (κ3) is 4.97. The van der Waals surface area contributed by atoms with Crippen LogP contribution in [-0.2, 0) is 17.8 Å². The highest BCUT2D eigenvalue weighted by Gasteiger charge is 2.12. The van der Waals surface area contributed by atoms with Crippen LogP contribution in [0.15, 0.2) is 35.0 Å². The first-order valence-electron chi connectivity index (χ1n) is 8.47. The number of aryl methyl sites for hydroxylation is 2. The molecular formula is C19H22N4OS2. The summed E-state index contributed by atoms with van der Waals surface area (Å²) in [5.74, 6) is -0.0664. The van der Waals surface area contributed by atoms with Gasteiger partial charge in [0.1, 0.15) is 0 Å². The molecule has 3 rings (SSSR count). The summed E-state index contributed by atoms with van der Waals surface area (Å²) < 4.78 is 0. The number of aromatic nitrogens is 2. The number of benzene rings is 1. The summed E-state index contributed by atoms with van der Waals surface area (Å²) in [7, 11) is 1.92. The number of nitrogens with one attached hydrogen (secondary N) is 1. The second-order valence-electron chi connectivity index (χ2n) is 6.21. The van der Waals surface area contributed by atoms with Gasteiger partial charge < -0.3 is 5.32 Å². The van der Waals surface area contributed by atoms with Gasteiger partial charge in [-0.15, -0.1) is 22.7 Å². The Labute approximate surface area is 161 Å². The molecular weight excluding hydrogens is 364 g/mol. The smallest absolute Gasteiger partial charge is 0.240 e. The molecule has 0 saturated carbocycles. The normalized spacial score (nSPS) is 11.1. The maximum Gasteiger partial charge on any atom is 0.240 e. The molecule has 1 amide bonds. The Kier molecular flexibility index (Phi) is 6.13. The predicted octanol–water partition coefficient (Wildman–Crippen LogP) is 4.21. The van der Waals surface area contributed by atoms with Gasteiger partial charge in [-0.1, -0.05) is 36.8 Å². The van der Waals surface area contributed by atoms with Gasteiger partial charge in [-0.25, -0.2) is 9.97 Å². The van der Waals surface area contributed by atoms with E-state index in [0.717, 1.165) is 28.4 Å². The number of carbonyl (C=O) groups is 1. The van der Waals surface area contributed by atoms with Crippen molar-refractivity contribution in [3.63, 3.8) is 0 Å². The number of nitrogens with zero attached hydrogens (tertiary/aromatic N) is 3. The standard InChI is InChI=1S/C19H22N4OS2/c1-4-18-20-15(11-25-18)9-23(3)10-17(24)22-19-21-16(12-26-19)14-7-5-13(2)6-8-14/h5-8,11-12H,4,9-10H2,1-3H3,(H,21,22,24). The summed E-state index contributed by atoms with van der Waals surface area (Å²) in [6.45, 7) is 5.12. The Bertz CT molecular complexity index is 870. The van der Waals surface area contributed by atoms with E-state index in [2.05, 4.69) is 46.6 Å². The second kappa shape index (κ2) is 8.53. The van der Waals surface area contributed by atoms with Crippen LogP contribution in [0.1, 0.15) is 23.2 Å². The molecule has 136 valence electrons. The molecule has 0 fully saturated rings. The first-order chi connectivity index (χ1) is 12.5. The maximum atomic E-state index is 12.3. The Morgan fingerprint density at radius 1 is 1.15 bits per heavy atom. The van der Waals surface area contributed by atoms with Gasteiger partial charge in [0.2, 0.25) is 5.91 Å². The van der Waals surface area contributed by atoms with E-state index in [1.54, 1.807) is 11.3 Å². The molecule has 1 aromatic carbocycles. The molecule has 26 heavy (non-hydrogen) atoms. The number of anilines is 1. The van der Waals surface area contributed by atoms with E-state index >= 15 is 0 Å². The Morgan fingerprint density at radius 2 is 1.92 bits per heavy atom. The molecule has 0 bridgehead atoms. The van der Waals surface area contributed by atoms with E-state index in [1.807, 2.05) is 29.5 Å². The van der Waals surface area contributed by atoms with Gasteiger partial charge in [-0.2, -0.15) is 0 Å². The lowest BCUT2D eigenvalue weighted by molar-refractivity contribution is -0.117. The number of likely N-dealkylation sites (N-methyl/N-ethyl adjacent to an activating group) is 1. The van der Waals surface area contributed by atoms with E-state index in [9.17, 15) is 4.79 Å². The SMILES string of the molecule is CCc1nc(CN(C)CC(=O)Nc2nc(-c3ccc(C)cc3)cs2)cs1. The first kappa shape index (κ1) is 18.7. The van der Waals surface area contributed by atoms with Crippen molar-refractivity contribution in [1.82, 2.24) is 14.9 Å². The molecule has 1 N–H and O–H groups in total. The lowest BCUT2D eigenvalue weighted by atomic mass is 10.1. The molecule has 0 atom stereocenters. The van der Waals surface area contributed by atoms with Crippen LogP contribution >= 0.6 is 22.7 Å². The second-order valence-corrected chi connectivity index (χ2v) is 8.01. The predicted molar refractivity (Wildman–Crippen MR) is 109 cm³/mol. The lowest BCUT2D eigenvalue weighted by Crippen LogP contribution is -2.29. The van der Waals surface area contributed by atoms with Crippen molar-refractivity contribution in [3.8, 4) is 11.3 Å². The van der Waals surface area contributed by atoms with Crippen LogP contribution in [-0.4, -0.2) is 34.4 Å². The van der Waals surface area contributed by atoms with Crippen molar-refractivity contribution in [2.24, 2.45) is 0 Å². The molecule has 5 nitrogen and oxygen atoms in total. The monoisotopic (exact) mass is 386 g/mol. The van der Waals surface area contributed by atoms with Crippen LogP contribution in [0.3, 0.4) is 0 Å². The van der Waals surface area contributed by atoms with Gasteiger partial charge in [0.25, 0.3) is 0 Å². The minimum atomic E-state index is -0.0664. The van der Waals surface area contributed by atoms with E-state index < -0.39 is 0 Å². The van der Waals surface area contributed by atoms with Crippen molar-refractivity contribution in [2.75, 3.05) is 18.9 Å². The van der Waals surface area contributed by atoms with Gasteiger partial charge in [0, 0.05) is 22.9 Å². The fourth-order valence-electron chi connectivity index (χ4n) is 2.51. The maximum absolute atomic E-state index is 12.3.